The van der Waals surface area contributed by atoms with Gasteiger partial charge in [0.2, 0.25) is 0 Å². The normalized spacial score (nSPS) is 23.9. The van der Waals surface area contributed by atoms with Crippen LogP contribution in [-0.2, 0) is 6.54 Å². The van der Waals surface area contributed by atoms with E-state index in [0.717, 1.165) is 25.5 Å². The van der Waals surface area contributed by atoms with Gasteiger partial charge in [-0.1, -0.05) is 13.0 Å². The summed E-state index contributed by atoms with van der Waals surface area (Å²) in [5, 5.41) is 3.22. The van der Waals surface area contributed by atoms with E-state index in [1.165, 1.54) is 5.56 Å². The number of nitrogens with zero attached hydrogens (tertiary/aromatic N) is 3. The summed E-state index contributed by atoms with van der Waals surface area (Å²) in [6.07, 6.45) is 1.89. The molecule has 0 saturated carbocycles. The van der Waals surface area contributed by atoms with Crippen molar-refractivity contribution < 1.29 is 0 Å². The summed E-state index contributed by atoms with van der Waals surface area (Å²) in [6, 6.07) is 4.79. The molecule has 1 saturated heterocycles. The van der Waals surface area contributed by atoms with Crippen LogP contribution in [0.25, 0.3) is 0 Å². The van der Waals surface area contributed by atoms with Gasteiger partial charge in [0, 0.05) is 37.4 Å². The number of hydrogen-bond donors (Lipinski definition) is 1. The fraction of sp³-hybridized carbons (Fsp3) is 0.643. The molecular weight excluding hydrogens is 224 g/mol. The molecule has 0 bridgehead atoms. The predicted octanol–water partition coefficient (Wildman–Crippen LogP) is 1.19. The van der Waals surface area contributed by atoms with Crippen molar-refractivity contribution in [1.29, 1.82) is 0 Å². The second-order valence-corrected chi connectivity index (χ2v) is 5.43. The summed E-state index contributed by atoms with van der Waals surface area (Å²) in [4.78, 5) is 9.32. The monoisotopic (exact) mass is 248 g/mol. The Morgan fingerprint density at radius 3 is 2.83 bits per heavy atom. The average Bonchev–Trinajstić information content (AvgIpc) is 2.72. The first-order chi connectivity index (χ1) is 8.63. The van der Waals surface area contributed by atoms with Crippen LogP contribution in [0, 0.1) is 5.92 Å². The van der Waals surface area contributed by atoms with Crippen LogP contribution < -0.4 is 10.2 Å². The molecule has 0 spiro atoms. The maximum absolute atomic E-state index is 4.57. The first-order valence-corrected chi connectivity index (χ1v) is 6.63. The lowest BCUT2D eigenvalue weighted by molar-refractivity contribution is 0.266. The summed E-state index contributed by atoms with van der Waals surface area (Å²) < 4.78 is 0. The first kappa shape index (κ1) is 13.3. The van der Waals surface area contributed by atoms with Gasteiger partial charge in [-0.25, -0.2) is 4.98 Å². The first-order valence-electron chi connectivity index (χ1n) is 6.63. The maximum atomic E-state index is 4.57. The van der Waals surface area contributed by atoms with E-state index in [1.54, 1.807) is 0 Å². The molecule has 0 aromatic carbocycles. The second kappa shape index (κ2) is 5.67. The number of likely N-dealkylation sites (N-methyl/N-ethyl adjacent to an activating group) is 1. The standard InChI is InChI=1S/C14H24N4/c1-11-9-18(10-13(11)17(3)4)14-12(8-15-2)6-5-7-16-14/h5-7,11,13,15H,8-10H2,1-4H3. The number of anilines is 1. The van der Waals surface area contributed by atoms with E-state index in [-0.39, 0.29) is 0 Å². The molecule has 0 radical (unpaired) electrons. The lowest BCUT2D eigenvalue weighted by Crippen LogP contribution is -2.34. The van der Waals surface area contributed by atoms with Crippen LogP contribution >= 0.6 is 0 Å². The summed E-state index contributed by atoms with van der Waals surface area (Å²) in [5.41, 5.74) is 1.28. The van der Waals surface area contributed by atoms with Gasteiger partial charge >= 0.3 is 0 Å². The van der Waals surface area contributed by atoms with Gasteiger partial charge in [-0.15, -0.1) is 0 Å². The van der Waals surface area contributed by atoms with Crippen molar-refractivity contribution in [2.24, 2.45) is 5.92 Å². The van der Waals surface area contributed by atoms with Gasteiger partial charge in [-0.05, 0) is 33.1 Å². The minimum absolute atomic E-state index is 0.620. The van der Waals surface area contributed by atoms with Crippen LogP contribution in [0.1, 0.15) is 12.5 Å². The molecule has 1 aliphatic rings. The lowest BCUT2D eigenvalue weighted by Gasteiger charge is -2.23. The van der Waals surface area contributed by atoms with E-state index < -0.39 is 0 Å². The van der Waals surface area contributed by atoms with Gasteiger partial charge in [0.1, 0.15) is 5.82 Å². The van der Waals surface area contributed by atoms with Crippen molar-refractivity contribution >= 4 is 5.82 Å². The van der Waals surface area contributed by atoms with Gasteiger partial charge in [0.05, 0.1) is 0 Å². The van der Waals surface area contributed by atoms with Crippen LogP contribution in [0.5, 0.6) is 0 Å². The molecule has 18 heavy (non-hydrogen) atoms. The third kappa shape index (κ3) is 2.65. The summed E-state index contributed by atoms with van der Waals surface area (Å²) in [5.74, 6) is 1.83. The van der Waals surface area contributed by atoms with E-state index in [1.807, 2.05) is 19.3 Å². The van der Waals surface area contributed by atoms with Crippen molar-refractivity contribution in [3.8, 4) is 0 Å². The molecule has 2 heterocycles. The predicted molar refractivity (Wildman–Crippen MR) is 75.9 cm³/mol. The highest BCUT2D eigenvalue weighted by Crippen LogP contribution is 2.26. The number of pyridine rings is 1. The molecule has 2 atom stereocenters. The zero-order valence-corrected chi connectivity index (χ0v) is 11.8. The Hall–Kier alpha value is -1.13. The molecule has 0 aliphatic carbocycles. The molecule has 1 N–H and O–H groups in total. The van der Waals surface area contributed by atoms with Crippen LogP contribution in [0.15, 0.2) is 18.3 Å². The van der Waals surface area contributed by atoms with Crippen molar-refractivity contribution in [2.75, 3.05) is 39.1 Å². The third-order valence-corrected chi connectivity index (χ3v) is 3.77. The number of nitrogens with one attached hydrogen (secondary N) is 1. The fourth-order valence-electron chi connectivity index (χ4n) is 2.84. The Morgan fingerprint density at radius 1 is 1.44 bits per heavy atom. The largest absolute Gasteiger partial charge is 0.354 e. The third-order valence-electron chi connectivity index (χ3n) is 3.77. The molecule has 1 fully saturated rings. The van der Waals surface area contributed by atoms with E-state index in [2.05, 4.69) is 47.2 Å². The highest BCUT2D eigenvalue weighted by molar-refractivity contribution is 5.48. The molecule has 4 nitrogen and oxygen atoms in total. The Labute approximate surface area is 110 Å². The maximum Gasteiger partial charge on any atom is 0.133 e. The molecule has 0 amide bonds. The van der Waals surface area contributed by atoms with Crippen molar-refractivity contribution in [3.63, 3.8) is 0 Å². The van der Waals surface area contributed by atoms with Crippen LogP contribution in [0.4, 0.5) is 5.82 Å². The Bertz CT molecular complexity index is 391. The minimum atomic E-state index is 0.620. The molecule has 4 heteroatoms. The Balaban J connectivity index is 2.18. The number of aromatic nitrogens is 1. The molecule has 100 valence electrons. The van der Waals surface area contributed by atoms with Gasteiger partial charge in [0.15, 0.2) is 0 Å². The molecule has 2 unspecified atom stereocenters. The molecule has 1 aliphatic heterocycles. The van der Waals surface area contributed by atoms with Crippen molar-refractivity contribution in [2.45, 2.75) is 19.5 Å². The lowest BCUT2D eigenvalue weighted by atomic mass is 10.1. The van der Waals surface area contributed by atoms with Gasteiger partial charge in [-0.3, -0.25) is 0 Å². The molecule has 1 aromatic heterocycles. The van der Waals surface area contributed by atoms with Gasteiger partial charge in [0.25, 0.3) is 0 Å². The highest BCUT2D eigenvalue weighted by atomic mass is 15.3. The highest BCUT2D eigenvalue weighted by Gasteiger charge is 2.32. The van der Waals surface area contributed by atoms with E-state index in [9.17, 15) is 0 Å². The average molecular weight is 248 g/mol. The molecule has 2 rings (SSSR count). The van der Waals surface area contributed by atoms with E-state index in [4.69, 9.17) is 0 Å². The quantitative estimate of drug-likeness (QED) is 0.867. The van der Waals surface area contributed by atoms with Crippen molar-refractivity contribution in [3.05, 3.63) is 23.9 Å². The van der Waals surface area contributed by atoms with Crippen molar-refractivity contribution in [1.82, 2.24) is 15.2 Å². The minimum Gasteiger partial charge on any atom is -0.354 e. The van der Waals surface area contributed by atoms with Gasteiger partial charge < -0.3 is 15.1 Å². The Kier molecular flexibility index (Phi) is 4.19. The van der Waals surface area contributed by atoms with E-state index in [0.29, 0.717) is 12.0 Å². The summed E-state index contributed by atoms with van der Waals surface area (Å²) in [7, 11) is 6.31. The van der Waals surface area contributed by atoms with Crippen LogP contribution in [0.2, 0.25) is 0 Å². The smallest absolute Gasteiger partial charge is 0.133 e. The Morgan fingerprint density at radius 2 is 2.22 bits per heavy atom. The number of rotatable bonds is 4. The molecule has 1 aromatic rings. The fourth-order valence-corrected chi connectivity index (χ4v) is 2.84. The zero-order chi connectivity index (χ0) is 13.1. The molecular formula is C14H24N4. The van der Waals surface area contributed by atoms with Crippen LogP contribution in [-0.4, -0.2) is 50.2 Å². The number of hydrogen-bond acceptors (Lipinski definition) is 4. The van der Waals surface area contributed by atoms with E-state index >= 15 is 0 Å². The second-order valence-electron chi connectivity index (χ2n) is 5.43. The topological polar surface area (TPSA) is 31.4 Å². The summed E-state index contributed by atoms with van der Waals surface area (Å²) >= 11 is 0. The zero-order valence-electron chi connectivity index (χ0n) is 11.8. The van der Waals surface area contributed by atoms with Crippen LogP contribution in [0.3, 0.4) is 0 Å². The summed E-state index contributed by atoms with van der Waals surface area (Å²) in [6.45, 7) is 5.37. The van der Waals surface area contributed by atoms with Gasteiger partial charge in [-0.2, -0.15) is 0 Å². The SMILES string of the molecule is CNCc1cccnc1N1CC(C)C(N(C)C)C1.